The SMILES string of the molecule is COc1cccc(/C=C/c2nc(-c3ccccc3)c(C(=O)O)s2)c1OC(F)F. The first-order valence-electron chi connectivity index (χ1n) is 8.09. The maximum atomic E-state index is 12.7. The van der Waals surface area contributed by atoms with Gasteiger partial charge in [-0.05, 0) is 18.2 Å². The van der Waals surface area contributed by atoms with E-state index in [-0.39, 0.29) is 16.4 Å². The lowest BCUT2D eigenvalue weighted by atomic mass is 10.1. The number of benzene rings is 2. The number of methoxy groups -OCH3 is 1. The van der Waals surface area contributed by atoms with Gasteiger partial charge in [0.15, 0.2) is 11.5 Å². The van der Waals surface area contributed by atoms with Crippen LogP contribution in [0.15, 0.2) is 48.5 Å². The van der Waals surface area contributed by atoms with Crippen molar-refractivity contribution in [2.45, 2.75) is 6.61 Å². The molecule has 0 atom stereocenters. The van der Waals surface area contributed by atoms with E-state index in [1.807, 2.05) is 6.07 Å². The molecule has 0 aliphatic carbocycles. The highest BCUT2D eigenvalue weighted by Gasteiger charge is 2.18. The van der Waals surface area contributed by atoms with Gasteiger partial charge in [0.1, 0.15) is 9.88 Å². The smallest absolute Gasteiger partial charge is 0.387 e. The predicted octanol–water partition coefficient (Wildman–Crippen LogP) is 5.29. The van der Waals surface area contributed by atoms with Crippen LogP contribution < -0.4 is 9.47 Å². The van der Waals surface area contributed by atoms with Crippen LogP contribution in [0, 0.1) is 0 Å². The number of thiazole rings is 1. The third kappa shape index (κ3) is 4.34. The third-order valence-electron chi connectivity index (χ3n) is 3.73. The monoisotopic (exact) mass is 403 g/mol. The van der Waals surface area contributed by atoms with Crippen LogP contribution in [0.1, 0.15) is 20.2 Å². The van der Waals surface area contributed by atoms with Crippen LogP contribution >= 0.6 is 11.3 Å². The van der Waals surface area contributed by atoms with Crippen molar-refractivity contribution in [1.82, 2.24) is 4.98 Å². The first-order valence-corrected chi connectivity index (χ1v) is 8.90. The van der Waals surface area contributed by atoms with Gasteiger partial charge in [-0.15, -0.1) is 11.3 Å². The van der Waals surface area contributed by atoms with Gasteiger partial charge in [-0.3, -0.25) is 0 Å². The van der Waals surface area contributed by atoms with E-state index in [2.05, 4.69) is 9.72 Å². The zero-order valence-electron chi connectivity index (χ0n) is 14.6. The van der Waals surface area contributed by atoms with E-state index >= 15 is 0 Å². The normalized spacial score (nSPS) is 11.1. The molecule has 0 saturated heterocycles. The number of para-hydroxylation sites is 1. The fourth-order valence-electron chi connectivity index (χ4n) is 2.55. The molecule has 0 aliphatic rings. The average molecular weight is 403 g/mol. The summed E-state index contributed by atoms with van der Waals surface area (Å²) in [5.74, 6) is -1.02. The van der Waals surface area contributed by atoms with Crippen LogP contribution in [-0.4, -0.2) is 29.8 Å². The van der Waals surface area contributed by atoms with Crippen molar-refractivity contribution < 1.29 is 28.2 Å². The number of rotatable bonds is 7. The van der Waals surface area contributed by atoms with Crippen molar-refractivity contribution in [1.29, 1.82) is 0 Å². The van der Waals surface area contributed by atoms with E-state index in [0.29, 0.717) is 21.8 Å². The average Bonchev–Trinajstić information content (AvgIpc) is 3.12. The molecule has 28 heavy (non-hydrogen) atoms. The molecule has 2 aromatic carbocycles. The Balaban J connectivity index is 1.99. The van der Waals surface area contributed by atoms with E-state index < -0.39 is 12.6 Å². The number of halogens is 2. The lowest BCUT2D eigenvalue weighted by Gasteiger charge is -2.12. The standard InChI is InChI=1S/C20H15F2NO4S/c1-26-14-9-5-8-13(17(14)27-20(21)22)10-11-15-23-16(18(28-15)19(24)25)12-6-3-2-4-7-12/h2-11,20H,1H3,(H,24,25)/b11-10+. The lowest BCUT2D eigenvalue weighted by Crippen LogP contribution is -2.04. The second-order valence-electron chi connectivity index (χ2n) is 5.49. The van der Waals surface area contributed by atoms with Gasteiger partial charge in [0.05, 0.1) is 12.8 Å². The molecule has 0 amide bonds. The molecule has 144 valence electrons. The van der Waals surface area contributed by atoms with Gasteiger partial charge in [-0.2, -0.15) is 8.78 Å². The number of carbonyl (C=O) groups is 1. The summed E-state index contributed by atoms with van der Waals surface area (Å²) in [5.41, 5.74) is 1.39. The third-order valence-corrected chi connectivity index (χ3v) is 4.74. The van der Waals surface area contributed by atoms with Crippen molar-refractivity contribution >= 4 is 29.5 Å². The van der Waals surface area contributed by atoms with E-state index in [1.165, 1.54) is 19.3 Å². The summed E-state index contributed by atoms with van der Waals surface area (Å²) in [6, 6.07) is 13.7. The van der Waals surface area contributed by atoms with Gasteiger partial charge < -0.3 is 14.6 Å². The summed E-state index contributed by atoms with van der Waals surface area (Å²) in [6.45, 7) is -3.01. The highest BCUT2D eigenvalue weighted by molar-refractivity contribution is 7.15. The molecule has 0 aliphatic heterocycles. The molecule has 8 heteroatoms. The van der Waals surface area contributed by atoms with E-state index in [9.17, 15) is 18.7 Å². The van der Waals surface area contributed by atoms with Crippen LogP contribution in [-0.2, 0) is 0 Å². The summed E-state index contributed by atoms with van der Waals surface area (Å²) < 4.78 is 35.1. The quantitative estimate of drug-likeness (QED) is 0.581. The number of nitrogens with zero attached hydrogens (tertiary/aromatic N) is 1. The molecule has 1 heterocycles. The molecular formula is C20H15F2NO4S. The molecular weight excluding hydrogens is 388 g/mol. The fourth-order valence-corrected chi connectivity index (χ4v) is 3.38. The first kappa shape index (κ1) is 19.5. The molecule has 0 saturated carbocycles. The molecule has 0 unspecified atom stereocenters. The number of hydrogen-bond donors (Lipinski definition) is 1. The van der Waals surface area contributed by atoms with Gasteiger partial charge >= 0.3 is 12.6 Å². The second-order valence-corrected chi connectivity index (χ2v) is 6.52. The summed E-state index contributed by atoms with van der Waals surface area (Å²) in [6.07, 6.45) is 3.08. The minimum absolute atomic E-state index is 0.0977. The second kappa shape index (κ2) is 8.62. The van der Waals surface area contributed by atoms with Crippen LogP contribution in [0.3, 0.4) is 0 Å². The Labute approximate surface area is 163 Å². The number of carboxylic acid groups (broad SMARTS) is 1. The highest BCUT2D eigenvalue weighted by Crippen LogP contribution is 2.34. The van der Waals surface area contributed by atoms with Crippen LogP contribution in [0.4, 0.5) is 8.78 Å². The van der Waals surface area contributed by atoms with Crippen LogP contribution in [0.2, 0.25) is 0 Å². The van der Waals surface area contributed by atoms with Gasteiger partial charge in [0.25, 0.3) is 0 Å². The molecule has 3 aromatic rings. The zero-order chi connectivity index (χ0) is 20.1. The molecule has 5 nitrogen and oxygen atoms in total. The maximum Gasteiger partial charge on any atom is 0.387 e. The predicted molar refractivity (Wildman–Crippen MR) is 103 cm³/mol. The van der Waals surface area contributed by atoms with E-state index in [4.69, 9.17) is 4.74 Å². The molecule has 0 bridgehead atoms. The van der Waals surface area contributed by atoms with Crippen molar-refractivity contribution in [3.63, 3.8) is 0 Å². The Hall–Kier alpha value is -3.26. The van der Waals surface area contributed by atoms with Crippen molar-refractivity contribution in [3.05, 3.63) is 64.0 Å². The number of alkyl halides is 2. The number of aromatic carboxylic acids is 1. The largest absolute Gasteiger partial charge is 0.493 e. The summed E-state index contributed by atoms with van der Waals surface area (Å²) in [4.78, 5) is 16.0. The Bertz CT molecular complexity index is 1000. The topological polar surface area (TPSA) is 68.7 Å². The Morgan fingerprint density at radius 2 is 1.89 bits per heavy atom. The van der Waals surface area contributed by atoms with E-state index in [0.717, 1.165) is 11.3 Å². The van der Waals surface area contributed by atoms with Gasteiger partial charge in [-0.25, -0.2) is 9.78 Å². The summed E-state index contributed by atoms with van der Waals surface area (Å²) >= 11 is 0.994. The minimum atomic E-state index is -3.01. The zero-order valence-corrected chi connectivity index (χ0v) is 15.5. The number of ether oxygens (including phenoxy) is 2. The molecule has 0 fully saturated rings. The van der Waals surface area contributed by atoms with Crippen LogP contribution in [0.25, 0.3) is 23.4 Å². The highest BCUT2D eigenvalue weighted by atomic mass is 32.1. The van der Waals surface area contributed by atoms with E-state index in [1.54, 1.807) is 42.5 Å². The number of aromatic nitrogens is 1. The fraction of sp³-hybridized carbons (Fsp3) is 0.100. The minimum Gasteiger partial charge on any atom is -0.493 e. The molecule has 0 radical (unpaired) electrons. The van der Waals surface area contributed by atoms with Crippen molar-refractivity contribution in [3.8, 4) is 22.8 Å². The molecule has 1 N–H and O–H groups in total. The Morgan fingerprint density at radius 3 is 2.54 bits per heavy atom. The van der Waals surface area contributed by atoms with Gasteiger partial charge in [0, 0.05) is 11.1 Å². The Morgan fingerprint density at radius 1 is 1.14 bits per heavy atom. The first-order chi connectivity index (χ1) is 13.5. The Kier molecular flexibility index (Phi) is 6.00. The van der Waals surface area contributed by atoms with Crippen LogP contribution in [0.5, 0.6) is 11.5 Å². The summed E-state index contributed by atoms with van der Waals surface area (Å²) in [5, 5.41) is 9.88. The summed E-state index contributed by atoms with van der Waals surface area (Å²) in [7, 11) is 1.35. The molecule has 3 rings (SSSR count). The molecule has 0 spiro atoms. The van der Waals surface area contributed by atoms with Gasteiger partial charge in [0.2, 0.25) is 0 Å². The van der Waals surface area contributed by atoms with Crippen molar-refractivity contribution in [2.75, 3.05) is 7.11 Å². The lowest BCUT2D eigenvalue weighted by molar-refractivity contribution is -0.0513. The number of carboxylic acids is 1. The van der Waals surface area contributed by atoms with Crippen molar-refractivity contribution in [2.24, 2.45) is 0 Å². The maximum absolute atomic E-state index is 12.7. The number of hydrogen-bond acceptors (Lipinski definition) is 5. The van der Waals surface area contributed by atoms with Gasteiger partial charge in [-0.1, -0.05) is 42.5 Å². The molecule has 1 aromatic heterocycles.